The monoisotopic (exact) mass is 472 g/mol. The molecule has 6 nitrogen and oxygen atoms in total. The number of benzene rings is 2. The molecule has 35 heavy (non-hydrogen) atoms. The van der Waals surface area contributed by atoms with Gasteiger partial charge in [-0.15, -0.1) is 6.58 Å². The van der Waals surface area contributed by atoms with Gasteiger partial charge in [0.15, 0.2) is 5.43 Å². The highest BCUT2D eigenvalue weighted by Gasteiger charge is 2.29. The van der Waals surface area contributed by atoms with Crippen molar-refractivity contribution in [1.29, 1.82) is 0 Å². The first-order valence-corrected chi connectivity index (χ1v) is 12.2. The van der Waals surface area contributed by atoms with Crippen molar-refractivity contribution < 1.29 is 14.0 Å². The average molecular weight is 473 g/mol. The van der Waals surface area contributed by atoms with Crippen molar-refractivity contribution in [1.82, 2.24) is 9.80 Å². The topological polar surface area (TPSA) is 70.8 Å². The molecule has 2 amide bonds. The van der Waals surface area contributed by atoms with Gasteiger partial charge < -0.3 is 14.2 Å². The molecule has 1 aliphatic carbocycles. The number of rotatable bonds is 9. The number of hydrogen-bond donors (Lipinski definition) is 0. The van der Waals surface area contributed by atoms with Gasteiger partial charge in [0.2, 0.25) is 11.8 Å². The van der Waals surface area contributed by atoms with Crippen molar-refractivity contribution in [3.05, 3.63) is 94.4 Å². The fourth-order valence-electron chi connectivity index (χ4n) is 4.72. The lowest BCUT2D eigenvalue weighted by Gasteiger charge is -2.28. The summed E-state index contributed by atoms with van der Waals surface area (Å²) in [5, 5.41) is 0.499. The molecule has 0 saturated heterocycles. The summed E-state index contributed by atoms with van der Waals surface area (Å²) in [6, 6.07) is 15.1. The van der Waals surface area contributed by atoms with Gasteiger partial charge in [0.25, 0.3) is 0 Å². The average Bonchev–Trinajstić information content (AvgIpc) is 3.40. The zero-order valence-corrected chi connectivity index (χ0v) is 20.2. The highest BCUT2D eigenvalue weighted by Crippen LogP contribution is 2.26. The number of fused-ring (bicyclic) bond motifs is 1. The Bertz CT molecular complexity index is 1260. The van der Waals surface area contributed by atoms with Gasteiger partial charge in [-0.25, -0.2) is 0 Å². The predicted molar refractivity (Wildman–Crippen MR) is 137 cm³/mol. The van der Waals surface area contributed by atoms with Crippen LogP contribution in [0.2, 0.25) is 0 Å². The van der Waals surface area contributed by atoms with Crippen LogP contribution >= 0.6 is 0 Å². The molecule has 1 heterocycles. The highest BCUT2D eigenvalue weighted by molar-refractivity contribution is 5.86. The Morgan fingerprint density at radius 2 is 1.80 bits per heavy atom. The van der Waals surface area contributed by atoms with Gasteiger partial charge in [0, 0.05) is 19.0 Å². The molecule has 0 aliphatic heterocycles. The molecule has 182 valence electrons. The minimum atomic E-state index is -0.217. The first kappa shape index (κ1) is 24.5. The number of aryl methyl sites for hydroxylation is 1. The summed E-state index contributed by atoms with van der Waals surface area (Å²) in [6.07, 6.45) is 6.92. The first-order chi connectivity index (χ1) is 17.0. The molecule has 0 unspecified atom stereocenters. The van der Waals surface area contributed by atoms with Crippen LogP contribution < -0.4 is 5.43 Å². The Morgan fingerprint density at radius 1 is 1.06 bits per heavy atom. The van der Waals surface area contributed by atoms with Crippen LogP contribution in [0.5, 0.6) is 0 Å². The lowest BCUT2D eigenvalue weighted by Crippen LogP contribution is -2.44. The van der Waals surface area contributed by atoms with Crippen LogP contribution in [0.3, 0.4) is 0 Å². The van der Waals surface area contributed by atoms with E-state index in [0.717, 1.165) is 36.8 Å². The first-order valence-electron chi connectivity index (χ1n) is 12.2. The number of hydrogen-bond acceptors (Lipinski definition) is 4. The Balaban J connectivity index is 1.61. The van der Waals surface area contributed by atoms with Gasteiger partial charge in [0.1, 0.15) is 12.1 Å². The van der Waals surface area contributed by atoms with Crippen LogP contribution in [0.15, 0.2) is 76.7 Å². The summed E-state index contributed by atoms with van der Waals surface area (Å²) in [7, 11) is 0. The highest BCUT2D eigenvalue weighted by atomic mass is 16.3. The van der Waals surface area contributed by atoms with Gasteiger partial charge in [-0.05, 0) is 37.5 Å². The lowest BCUT2D eigenvalue weighted by molar-refractivity contribution is -0.143. The Labute approximate surface area is 205 Å². The van der Waals surface area contributed by atoms with Gasteiger partial charge in [-0.1, -0.05) is 60.9 Å². The molecule has 1 saturated carbocycles. The van der Waals surface area contributed by atoms with E-state index in [1.807, 2.05) is 43.3 Å². The zero-order chi connectivity index (χ0) is 24.8. The maximum atomic E-state index is 13.6. The van der Waals surface area contributed by atoms with E-state index in [2.05, 4.69) is 6.58 Å². The van der Waals surface area contributed by atoms with E-state index in [9.17, 15) is 14.4 Å². The SMILES string of the molecule is C=CCN(CC(=O)N(Cc1ccccc1)Cc1coc2ccc(C)cc2c1=O)C(=O)C1CCCC1. The molecule has 0 N–H and O–H groups in total. The predicted octanol–water partition coefficient (Wildman–Crippen LogP) is 4.84. The van der Waals surface area contributed by atoms with Crippen molar-refractivity contribution in [3.63, 3.8) is 0 Å². The fourth-order valence-corrected chi connectivity index (χ4v) is 4.72. The molecule has 4 rings (SSSR count). The molecular weight excluding hydrogens is 440 g/mol. The number of carbonyl (C=O) groups is 2. The van der Waals surface area contributed by atoms with Crippen molar-refractivity contribution in [2.45, 2.75) is 45.7 Å². The second-order valence-corrected chi connectivity index (χ2v) is 9.31. The summed E-state index contributed by atoms with van der Waals surface area (Å²) in [5.41, 5.74) is 2.68. The quantitative estimate of drug-likeness (QED) is 0.418. The van der Waals surface area contributed by atoms with Crippen molar-refractivity contribution in [2.75, 3.05) is 13.1 Å². The standard InChI is InChI=1S/C29H32N2O4/c1-3-15-30(29(34)23-11-7-8-12-23)19-27(32)31(17-22-9-5-4-6-10-22)18-24-20-35-26-14-13-21(2)16-25(26)28(24)33/h3-6,9-10,13-14,16,20,23H,1,7-8,11-12,15,17-19H2,2H3. The van der Waals surface area contributed by atoms with E-state index in [1.54, 1.807) is 28.0 Å². The van der Waals surface area contributed by atoms with Crippen molar-refractivity contribution in [3.8, 4) is 0 Å². The maximum absolute atomic E-state index is 13.6. The molecule has 1 aliphatic rings. The Kier molecular flexibility index (Phi) is 7.80. The van der Waals surface area contributed by atoms with Crippen LogP contribution in [0.1, 0.15) is 42.4 Å². The van der Waals surface area contributed by atoms with Gasteiger partial charge >= 0.3 is 0 Å². The summed E-state index contributed by atoms with van der Waals surface area (Å²) in [5.74, 6) is -0.233. The molecular formula is C29H32N2O4. The van der Waals surface area contributed by atoms with E-state index in [1.165, 1.54) is 6.26 Å². The zero-order valence-electron chi connectivity index (χ0n) is 20.2. The van der Waals surface area contributed by atoms with E-state index in [-0.39, 0.29) is 36.3 Å². The van der Waals surface area contributed by atoms with Gasteiger partial charge in [0.05, 0.1) is 23.8 Å². The second-order valence-electron chi connectivity index (χ2n) is 9.31. The van der Waals surface area contributed by atoms with Crippen molar-refractivity contribution >= 4 is 22.8 Å². The molecule has 6 heteroatoms. The molecule has 2 aromatic carbocycles. The van der Waals surface area contributed by atoms with E-state index >= 15 is 0 Å². The molecule has 0 atom stereocenters. The molecule has 1 aromatic heterocycles. The van der Waals surface area contributed by atoms with E-state index < -0.39 is 0 Å². The molecule has 0 bridgehead atoms. The fraction of sp³-hybridized carbons (Fsp3) is 0.345. The van der Waals surface area contributed by atoms with Crippen LogP contribution in [0, 0.1) is 12.8 Å². The molecule has 0 radical (unpaired) electrons. The summed E-state index contributed by atoms with van der Waals surface area (Å²) in [4.78, 5) is 43.1. The third kappa shape index (κ3) is 5.88. The number of nitrogens with zero attached hydrogens (tertiary/aromatic N) is 2. The minimum Gasteiger partial charge on any atom is -0.464 e. The molecule has 1 fully saturated rings. The normalized spacial score (nSPS) is 13.6. The molecule has 3 aromatic rings. The summed E-state index contributed by atoms with van der Waals surface area (Å²) >= 11 is 0. The number of carbonyl (C=O) groups excluding carboxylic acids is 2. The summed E-state index contributed by atoms with van der Waals surface area (Å²) in [6.45, 7) is 6.38. The smallest absolute Gasteiger partial charge is 0.242 e. The van der Waals surface area contributed by atoms with Gasteiger partial charge in [-0.2, -0.15) is 0 Å². The second kappa shape index (κ2) is 11.2. The van der Waals surface area contributed by atoms with Crippen LogP contribution in [0.4, 0.5) is 0 Å². The third-order valence-electron chi connectivity index (χ3n) is 6.62. The van der Waals surface area contributed by atoms with Crippen LogP contribution in [-0.4, -0.2) is 34.7 Å². The number of amides is 2. The van der Waals surface area contributed by atoms with E-state index in [4.69, 9.17) is 4.42 Å². The van der Waals surface area contributed by atoms with Gasteiger partial charge in [-0.3, -0.25) is 14.4 Å². The molecule has 0 spiro atoms. The third-order valence-corrected chi connectivity index (χ3v) is 6.62. The lowest BCUT2D eigenvalue weighted by atomic mass is 10.1. The minimum absolute atomic E-state index is 0.0103. The maximum Gasteiger partial charge on any atom is 0.242 e. The van der Waals surface area contributed by atoms with Crippen LogP contribution in [0.25, 0.3) is 11.0 Å². The van der Waals surface area contributed by atoms with E-state index in [0.29, 0.717) is 29.6 Å². The Morgan fingerprint density at radius 3 is 2.51 bits per heavy atom. The van der Waals surface area contributed by atoms with Crippen molar-refractivity contribution in [2.24, 2.45) is 5.92 Å². The largest absolute Gasteiger partial charge is 0.464 e. The van der Waals surface area contributed by atoms with Crippen LogP contribution in [-0.2, 0) is 22.7 Å². The Hall–Kier alpha value is -3.67. The summed E-state index contributed by atoms with van der Waals surface area (Å²) < 4.78 is 5.72.